The zero-order valence-corrected chi connectivity index (χ0v) is 14.0. The van der Waals surface area contributed by atoms with Gasteiger partial charge in [0.1, 0.15) is 0 Å². The number of aryl methyl sites for hydroxylation is 2. The Morgan fingerprint density at radius 3 is 2.43 bits per heavy atom. The molecule has 1 aromatic rings. The van der Waals surface area contributed by atoms with E-state index in [0.717, 1.165) is 13.0 Å². The minimum Gasteiger partial charge on any atom is -0.310 e. The molecule has 0 aromatic heterocycles. The van der Waals surface area contributed by atoms with E-state index in [4.69, 9.17) is 0 Å². The summed E-state index contributed by atoms with van der Waals surface area (Å²) in [6.45, 7) is 7.67. The summed E-state index contributed by atoms with van der Waals surface area (Å²) in [5.41, 5.74) is 5.89. The number of allylic oxidation sites excluding steroid dienone is 1. The Kier molecular flexibility index (Phi) is 6.50. The highest BCUT2D eigenvalue weighted by Crippen LogP contribution is 2.22. The molecule has 1 atom stereocenters. The average Bonchev–Trinajstić information content (AvgIpc) is 2.36. The first-order valence-electron chi connectivity index (χ1n) is 8.68. The van der Waals surface area contributed by atoms with Crippen molar-refractivity contribution in [2.24, 2.45) is 0 Å². The first-order chi connectivity index (χ1) is 10.2. The molecule has 0 amide bonds. The Balaban J connectivity index is 2.13. The highest BCUT2D eigenvalue weighted by Gasteiger charge is 2.15. The molecule has 1 N–H and O–H groups in total. The van der Waals surface area contributed by atoms with Crippen molar-refractivity contribution in [2.75, 3.05) is 6.54 Å². The summed E-state index contributed by atoms with van der Waals surface area (Å²) >= 11 is 0. The van der Waals surface area contributed by atoms with Crippen molar-refractivity contribution < 1.29 is 0 Å². The molecular formula is C20H31N. The lowest BCUT2D eigenvalue weighted by atomic mass is 9.90. The third-order valence-electron chi connectivity index (χ3n) is 4.45. The Labute approximate surface area is 130 Å². The number of benzene rings is 1. The maximum Gasteiger partial charge on any atom is 0.0319 e. The second kappa shape index (κ2) is 8.38. The van der Waals surface area contributed by atoms with Crippen LogP contribution in [0.1, 0.15) is 62.1 Å². The number of hydrogen-bond acceptors (Lipinski definition) is 1. The predicted octanol–water partition coefficient (Wildman–Crippen LogP) is 5.10. The molecule has 0 spiro atoms. The monoisotopic (exact) mass is 285 g/mol. The maximum absolute atomic E-state index is 3.72. The van der Waals surface area contributed by atoms with E-state index in [1.54, 1.807) is 5.57 Å². The second-order valence-corrected chi connectivity index (χ2v) is 6.54. The van der Waals surface area contributed by atoms with E-state index in [1.165, 1.54) is 55.2 Å². The van der Waals surface area contributed by atoms with E-state index in [2.05, 4.69) is 50.4 Å². The van der Waals surface area contributed by atoms with E-state index in [0.29, 0.717) is 6.04 Å². The molecule has 1 aromatic carbocycles. The quantitative estimate of drug-likeness (QED) is 0.742. The zero-order valence-electron chi connectivity index (χ0n) is 14.0. The van der Waals surface area contributed by atoms with Crippen LogP contribution >= 0.6 is 0 Å². The second-order valence-electron chi connectivity index (χ2n) is 6.54. The predicted molar refractivity (Wildman–Crippen MR) is 92.9 cm³/mol. The normalized spacial score (nSPS) is 20.2. The van der Waals surface area contributed by atoms with Gasteiger partial charge < -0.3 is 5.32 Å². The SMILES string of the molecule is CCNC(Cc1cc(C)cc(C)c1)/C1=C/CCCCCC1. The largest absolute Gasteiger partial charge is 0.310 e. The topological polar surface area (TPSA) is 12.0 Å². The molecule has 0 saturated heterocycles. The fourth-order valence-corrected chi connectivity index (χ4v) is 3.54. The summed E-state index contributed by atoms with van der Waals surface area (Å²) < 4.78 is 0. The molecular weight excluding hydrogens is 254 g/mol. The van der Waals surface area contributed by atoms with Gasteiger partial charge in [0.2, 0.25) is 0 Å². The van der Waals surface area contributed by atoms with Crippen molar-refractivity contribution in [1.82, 2.24) is 5.32 Å². The van der Waals surface area contributed by atoms with Gasteiger partial charge in [0.25, 0.3) is 0 Å². The maximum atomic E-state index is 3.72. The highest BCUT2D eigenvalue weighted by atomic mass is 14.9. The van der Waals surface area contributed by atoms with Gasteiger partial charge in [-0.1, -0.05) is 60.7 Å². The van der Waals surface area contributed by atoms with Crippen LogP contribution in [0.3, 0.4) is 0 Å². The van der Waals surface area contributed by atoms with Crippen LogP contribution in [0.4, 0.5) is 0 Å². The van der Waals surface area contributed by atoms with Gasteiger partial charge in [-0.3, -0.25) is 0 Å². The fraction of sp³-hybridized carbons (Fsp3) is 0.600. The molecule has 21 heavy (non-hydrogen) atoms. The van der Waals surface area contributed by atoms with Gasteiger partial charge in [-0.25, -0.2) is 0 Å². The first kappa shape index (κ1) is 16.3. The van der Waals surface area contributed by atoms with Gasteiger partial charge in [-0.2, -0.15) is 0 Å². The van der Waals surface area contributed by atoms with E-state index in [-0.39, 0.29) is 0 Å². The van der Waals surface area contributed by atoms with Gasteiger partial charge in [0.05, 0.1) is 0 Å². The number of nitrogens with one attached hydrogen (secondary N) is 1. The van der Waals surface area contributed by atoms with Crippen LogP contribution in [0.2, 0.25) is 0 Å². The van der Waals surface area contributed by atoms with Crippen molar-refractivity contribution >= 4 is 0 Å². The molecule has 0 fully saturated rings. The van der Waals surface area contributed by atoms with E-state index >= 15 is 0 Å². The van der Waals surface area contributed by atoms with E-state index < -0.39 is 0 Å². The number of rotatable bonds is 5. The van der Waals surface area contributed by atoms with Crippen LogP contribution in [0.15, 0.2) is 29.8 Å². The van der Waals surface area contributed by atoms with Gasteiger partial charge in [-0.15, -0.1) is 0 Å². The number of hydrogen-bond donors (Lipinski definition) is 1. The molecule has 1 aliphatic carbocycles. The van der Waals surface area contributed by atoms with Crippen LogP contribution in [0, 0.1) is 13.8 Å². The van der Waals surface area contributed by atoms with Crippen molar-refractivity contribution in [3.63, 3.8) is 0 Å². The van der Waals surface area contributed by atoms with Gasteiger partial charge in [-0.05, 0) is 58.1 Å². The minimum absolute atomic E-state index is 0.522. The molecule has 1 nitrogen and oxygen atoms in total. The molecule has 0 heterocycles. The molecule has 0 bridgehead atoms. The summed E-state index contributed by atoms with van der Waals surface area (Å²) in [7, 11) is 0. The van der Waals surface area contributed by atoms with Crippen molar-refractivity contribution in [2.45, 2.75) is 71.8 Å². The van der Waals surface area contributed by atoms with Gasteiger partial charge >= 0.3 is 0 Å². The summed E-state index contributed by atoms with van der Waals surface area (Å²) in [6.07, 6.45) is 11.7. The van der Waals surface area contributed by atoms with Gasteiger partial charge in [0, 0.05) is 6.04 Å². The van der Waals surface area contributed by atoms with Crippen LogP contribution < -0.4 is 5.32 Å². The summed E-state index contributed by atoms with van der Waals surface area (Å²) in [6, 6.07) is 7.48. The van der Waals surface area contributed by atoms with Crippen LogP contribution in [0.5, 0.6) is 0 Å². The van der Waals surface area contributed by atoms with Crippen molar-refractivity contribution in [3.05, 3.63) is 46.5 Å². The third-order valence-corrected chi connectivity index (χ3v) is 4.45. The van der Waals surface area contributed by atoms with E-state index in [1.807, 2.05) is 0 Å². The molecule has 0 radical (unpaired) electrons. The Morgan fingerprint density at radius 1 is 1.00 bits per heavy atom. The lowest BCUT2D eigenvalue weighted by Gasteiger charge is -2.23. The average molecular weight is 285 g/mol. The fourth-order valence-electron chi connectivity index (χ4n) is 3.54. The first-order valence-corrected chi connectivity index (χ1v) is 8.68. The minimum atomic E-state index is 0.522. The standard InChI is InChI=1S/C20H31N/c1-4-21-20(19-10-8-6-5-7-9-11-19)15-18-13-16(2)12-17(3)14-18/h10,12-14,20-21H,4-9,11,15H2,1-3H3/b19-10+. The van der Waals surface area contributed by atoms with Crippen LogP contribution in [0.25, 0.3) is 0 Å². The molecule has 0 aliphatic heterocycles. The molecule has 116 valence electrons. The Hall–Kier alpha value is -1.08. The lowest BCUT2D eigenvalue weighted by molar-refractivity contribution is 0.535. The Morgan fingerprint density at radius 2 is 1.71 bits per heavy atom. The summed E-state index contributed by atoms with van der Waals surface area (Å²) in [5.74, 6) is 0. The summed E-state index contributed by atoms with van der Waals surface area (Å²) in [4.78, 5) is 0. The highest BCUT2D eigenvalue weighted by molar-refractivity contribution is 5.30. The van der Waals surface area contributed by atoms with Gasteiger partial charge in [0.15, 0.2) is 0 Å². The molecule has 1 unspecified atom stereocenters. The molecule has 2 rings (SSSR count). The third kappa shape index (κ3) is 5.32. The zero-order chi connectivity index (χ0) is 15.1. The van der Waals surface area contributed by atoms with E-state index in [9.17, 15) is 0 Å². The van der Waals surface area contributed by atoms with Crippen molar-refractivity contribution in [1.29, 1.82) is 0 Å². The summed E-state index contributed by atoms with van der Waals surface area (Å²) in [5, 5.41) is 3.72. The van der Waals surface area contributed by atoms with Crippen LogP contribution in [-0.4, -0.2) is 12.6 Å². The van der Waals surface area contributed by atoms with Crippen molar-refractivity contribution in [3.8, 4) is 0 Å². The lowest BCUT2D eigenvalue weighted by Crippen LogP contribution is -2.33. The molecule has 1 aliphatic rings. The number of likely N-dealkylation sites (N-methyl/N-ethyl adjacent to an activating group) is 1. The molecule has 1 heteroatoms. The Bertz CT molecular complexity index is 452. The smallest absolute Gasteiger partial charge is 0.0319 e. The van der Waals surface area contributed by atoms with Crippen LogP contribution in [-0.2, 0) is 6.42 Å². The molecule has 0 saturated carbocycles.